The van der Waals surface area contributed by atoms with Crippen molar-refractivity contribution in [2.45, 2.75) is 0 Å². The lowest BCUT2D eigenvalue weighted by atomic mass is 10.1. The first kappa shape index (κ1) is 12.5. The van der Waals surface area contributed by atoms with Crippen molar-refractivity contribution in [1.29, 1.82) is 0 Å². The van der Waals surface area contributed by atoms with Crippen molar-refractivity contribution in [2.24, 2.45) is 10.9 Å². The smallest absolute Gasteiger partial charge is 0.178 e. The number of nitrogens with zero attached hydrogens (tertiary/aromatic N) is 3. The highest BCUT2D eigenvalue weighted by Gasteiger charge is 2.08. The van der Waals surface area contributed by atoms with Crippen molar-refractivity contribution in [3.63, 3.8) is 0 Å². The van der Waals surface area contributed by atoms with Gasteiger partial charge in [0, 0.05) is 28.4 Å². The van der Waals surface area contributed by atoms with E-state index in [0.717, 1.165) is 22.0 Å². The molecule has 0 atom stereocenters. The summed E-state index contributed by atoms with van der Waals surface area (Å²) in [6.45, 7) is 0. The van der Waals surface area contributed by atoms with Crippen LogP contribution in [0.3, 0.4) is 0 Å². The van der Waals surface area contributed by atoms with E-state index in [9.17, 15) is 0 Å². The van der Waals surface area contributed by atoms with Crippen LogP contribution in [0.1, 0.15) is 0 Å². The van der Waals surface area contributed by atoms with E-state index in [-0.39, 0.29) is 0 Å². The van der Waals surface area contributed by atoms with E-state index in [1.165, 1.54) is 4.68 Å². The molecule has 0 amide bonds. The summed E-state index contributed by atoms with van der Waals surface area (Å²) in [5.41, 5.74) is 3.03. The molecule has 3 rings (SSSR count). The molecule has 0 fully saturated rings. The lowest BCUT2D eigenvalue weighted by Crippen LogP contribution is -2.31. The lowest BCUT2D eigenvalue weighted by molar-refractivity contribution is 0.915. The van der Waals surface area contributed by atoms with Crippen LogP contribution >= 0.6 is 11.6 Å². The van der Waals surface area contributed by atoms with E-state index < -0.39 is 0 Å². The minimum Gasteiger partial charge on any atom is -0.337 e. The van der Waals surface area contributed by atoms with Gasteiger partial charge in [-0.25, -0.2) is 4.68 Å². The Kier molecular flexibility index (Phi) is 3.04. The van der Waals surface area contributed by atoms with Crippen LogP contribution in [-0.2, 0) is 0 Å². The molecule has 0 saturated heterocycles. The van der Waals surface area contributed by atoms with Crippen LogP contribution in [0.25, 0.3) is 22.0 Å². The molecule has 20 heavy (non-hydrogen) atoms. The molecular weight excluding hydrogens is 274 g/mol. The van der Waals surface area contributed by atoms with E-state index in [1.807, 2.05) is 30.3 Å². The zero-order valence-electron chi connectivity index (χ0n) is 10.5. The summed E-state index contributed by atoms with van der Waals surface area (Å²) in [6, 6.07) is 11.3. The zero-order valence-corrected chi connectivity index (χ0v) is 11.2. The maximum Gasteiger partial charge on any atom is 0.178 e. The normalized spacial score (nSPS) is 11.9. The van der Waals surface area contributed by atoms with E-state index in [2.05, 4.69) is 10.1 Å². The van der Waals surface area contributed by atoms with E-state index in [4.69, 9.17) is 23.3 Å². The maximum absolute atomic E-state index is 6.11. The quantitative estimate of drug-likeness (QED) is 0.529. The topological polar surface area (TPSA) is 82.2 Å². The van der Waals surface area contributed by atoms with E-state index >= 15 is 0 Å². The van der Waals surface area contributed by atoms with Crippen LogP contribution in [0.5, 0.6) is 0 Å². The van der Waals surface area contributed by atoms with E-state index in [0.29, 0.717) is 10.5 Å². The van der Waals surface area contributed by atoms with Crippen molar-refractivity contribution >= 4 is 22.5 Å². The summed E-state index contributed by atoms with van der Waals surface area (Å²) in [5, 5.41) is 5.36. The fourth-order valence-corrected chi connectivity index (χ4v) is 2.35. The molecule has 4 N–H and O–H groups in total. The molecule has 0 spiro atoms. The SMILES string of the molecule is N/N=c1/c(-c2ccncc2)cc2ccc(Cl)cc2n1N. The van der Waals surface area contributed by atoms with E-state index in [1.54, 1.807) is 18.5 Å². The number of benzene rings is 1. The van der Waals surface area contributed by atoms with Crippen LogP contribution < -0.4 is 17.2 Å². The fraction of sp³-hybridized carbons (Fsp3) is 0. The van der Waals surface area contributed by atoms with Gasteiger partial charge < -0.3 is 11.7 Å². The average Bonchev–Trinajstić information content (AvgIpc) is 2.48. The first-order valence-corrected chi connectivity index (χ1v) is 6.33. The van der Waals surface area contributed by atoms with Crippen molar-refractivity contribution in [2.75, 3.05) is 5.84 Å². The summed E-state index contributed by atoms with van der Waals surface area (Å²) in [5.74, 6) is 11.6. The summed E-state index contributed by atoms with van der Waals surface area (Å²) in [7, 11) is 0. The molecule has 3 aromatic rings. The predicted molar refractivity (Wildman–Crippen MR) is 80.1 cm³/mol. The molecule has 0 radical (unpaired) electrons. The summed E-state index contributed by atoms with van der Waals surface area (Å²) in [6.07, 6.45) is 3.42. The number of nitrogen functional groups attached to an aromatic ring is 1. The van der Waals surface area contributed by atoms with Crippen LogP contribution in [0.15, 0.2) is 53.9 Å². The predicted octanol–water partition coefficient (Wildman–Crippen LogP) is 1.84. The van der Waals surface area contributed by atoms with Crippen LogP contribution in [0, 0.1) is 0 Å². The Labute approximate surface area is 120 Å². The highest BCUT2D eigenvalue weighted by atomic mass is 35.5. The molecule has 1 aromatic carbocycles. The van der Waals surface area contributed by atoms with Gasteiger partial charge in [-0.15, -0.1) is 0 Å². The minimum absolute atomic E-state index is 0.478. The number of hydrogen-bond acceptors (Lipinski definition) is 4. The second-order valence-electron chi connectivity index (χ2n) is 4.32. The summed E-state index contributed by atoms with van der Waals surface area (Å²) >= 11 is 6.00. The Morgan fingerprint density at radius 2 is 1.85 bits per heavy atom. The molecule has 0 aliphatic carbocycles. The maximum atomic E-state index is 6.11. The second kappa shape index (κ2) is 4.86. The van der Waals surface area contributed by atoms with Gasteiger partial charge in [0.05, 0.1) is 5.52 Å². The number of aromatic nitrogens is 2. The lowest BCUT2D eigenvalue weighted by Gasteiger charge is -2.11. The van der Waals surface area contributed by atoms with Crippen molar-refractivity contribution in [1.82, 2.24) is 9.66 Å². The molecule has 6 heteroatoms. The van der Waals surface area contributed by atoms with Gasteiger partial charge >= 0.3 is 0 Å². The Morgan fingerprint density at radius 3 is 2.55 bits per heavy atom. The third-order valence-corrected chi connectivity index (χ3v) is 3.37. The molecule has 5 nitrogen and oxygen atoms in total. The number of fused-ring (bicyclic) bond motifs is 1. The highest BCUT2D eigenvalue weighted by Crippen LogP contribution is 2.22. The number of pyridine rings is 2. The van der Waals surface area contributed by atoms with Crippen LogP contribution in [0.4, 0.5) is 0 Å². The Balaban J connectivity index is 2.42. The van der Waals surface area contributed by atoms with Crippen LogP contribution in [0.2, 0.25) is 5.02 Å². The standard InChI is InChI=1S/C14H12ClN5/c15-11-2-1-10-7-12(9-3-5-18-6-4-9)14(19-16)20(17)13(10)8-11/h1-8H,16-17H2/b19-14-. The molecule has 0 aliphatic heterocycles. The largest absolute Gasteiger partial charge is 0.337 e. The summed E-state index contributed by atoms with van der Waals surface area (Å²) in [4.78, 5) is 4.01. The number of rotatable bonds is 1. The third kappa shape index (κ3) is 1.98. The molecule has 0 saturated carbocycles. The van der Waals surface area contributed by atoms with Gasteiger partial charge in [-0.3, -0.25) is 4.98 Å². The molecule has 0 bridgehead atoms. The van der Waals surface area contributed by atoms with Gasteiger partial charge in [-0.2, -0.15) is 5.10 Å². The first-order chi connectivity index (χ1) is 9.70. The summed E-state index contributed by atoms with van der Waals surface area (Å²) < 4.78 is 1.44. The average molecular weight is 286 g/mol. The zero-order chi connectivity index (χ0) is 14.1. The van der Waals surface area contributed by atoms with Gasteiger partial charge in [-0.05, 0) is 35.9 Å². The van der Waals surface area contributed by atoms with Crippen molar-refractivity contribution < 1.29 is 0 Å². The number of hydrogen-bond donors (Lipinski definition) is 2. The second-order valence-corrected chi connectivity index (χ2v) is 4.76. The fourth-order valence-electron chi connectivity index (χ4n) is 2.19. The van der Waals surface area contributed by atoms with Gasteiger partial charge in [-0.1, -0.05) is 17.7 Å². The van der Waals surface area contributed by atoms with Crippen LogP contribution in [-0.4, -0.2) is 9.66 Å². The molecule has 0 unspecified atom stereocenters. The van der Waals surface area contributed by atoms with Gasteiger partial charge in [0.1, 0.15) is 0 Å². The minimum atomic E-state index is 0.478. The Bertz CT molecular complexity index is 839. The molecular formula is C14H12ClN5. The van der Waals surface area contributed by atoms with Gasteiger partial charge in [0.2, 0.25) is 0 Å². The van der Waals surface area contributed by atoms with Crippen molar-refractivity contribution in [3.05, 3.63) is 59.3 Å². The number of nitrogens with two attached hydrogens (primary N) is 2. The van der Waals surface area contributed by atoms with Gasteiger partial charge in [0.15, 0.2) is 5.49 Å². The molecule has 2 heterocycles. The third-order valence-electron chi connectivity index (χ3n) is 3.13. The first-order valence-electron chi connectivity index (χ1n) is 5.95. The Hall–Kier alpha value is -2.53. The molecule has 100 valence electrons. The number of halogens is 1. The molecule has 0 aliphatic rings. The molecule has 2 aromatic heterocycles. The van der Waals surface area contributed by atoms with Crippen molar-refractivity contribution in [3.8, 4) is 11.1 Å². The highest BCUT2D eigenvalue weighted by molar-refractivity contribution is 6.31. The Morgan fingerprint density at radius 1 is 1.10 bits per heavy atom. The van der Waals surface area contributed by atoms with Gasteiger partial charge in [0.25, 0.3) is 0 Å². The monoisotopic (exact) mass is 285 g/mol.